The minimum absolute atomic E-state index is 0.653. The lowest BCUT2D eigenvalue weighted by atomic mass is 10.3. The van der Waals surface area contributed by atoms with E-state index in [2.05, 4.69) is 21.2 Å². The van der Waals surface area contributed by atoms with Crippen molar-refractivity contribution in [1.29, 1.82) is 0 Å². The normalized spacial score (nSPS) is 33.3. The predicted molar refractivity (Wildman–Crippen MR) is 42.1 cm³/mol. The molecule has 2 nitrogen and oxygen atoms in total. The molecule has 0 aromatic rings. The van der Waals surface area contributed by atoms with E-state index in [1.165, 1.54) is 0 Å². The summed E-state index contributed by atoms with van der Waals surface area (Å²) in [7, 11) is 0. The summed E-state index contributed by atoms with van der Waals surface area (Å²) in [5, 5.41) is 2.83. The zero-order valence-electron chi connectivity index (χ0n) is 4.57. The highest BCUT2D eigenvalue weighted by molar-refractivity contribution is 9.10. The average molecular weight is 209 g/mol. The summed E-state index contributed by atoms with van der Waals surface area (Å²) in [5.74, 6) is 0. The minimum Gasteiger partial charge on any atom is -0.399 e. The fourth-order valence-corrected chi connectivity index (χ4v) is 1.13. The van der Waals surface area contributed by atoms with Crippen molar-refractivity contribution < 1.29 is 0 Å². The molecule has 0 bridgehead atoms. The zero-order valence-corrected chi connectivity index (χ0v) is 6.91. The van der Waals surface area contributed by atoms with Gasteiger partial charge in [-0.3, -0.25) is 0 Å². The van der Waals surface area contributed by atoms with E-state index in [9.17, 15) is 0 Å². The molecule has 1 aliphatic heterocycles. The Morgan fingerprint density at radius 1 is 1.78 bits per heavy atom. The number of rotatable bonds is 0. The molecular formula is C5H6BrClN2. The first-order chi connectivity index (χ1) is 4.10. The molecule has 0 radical (unpaired) electrons. The summed E-state index contributed by atoms with van der Waals surface area (Å²) in [4.78, 5) is 0. The quantitative estimate of drug-likeness (QED) is 0.465. The van der Waals surface area contributed by atoms with Gasteiger partial charge in [0.25, 0.3) is 0 Å². The second-order valence-corrected chi connectivity index (χ2v) is 4.05. The standard InChI is InChI=1S/C5H6BrClN2/c6-5(7)3-4(8)1-2-9-5/h1-3,9H,8H2. The van der Waals surface area contributed by atoms with Crippen LogP contribution in [0.1, 0.15) is 0 Å². The molecule has 4 heteroatoms. The van der Waals surface area contributed by atoms with Gasteiger partial charge in [-0.2, -0.15) is 0 Å². The third-order valence-electron chi connectivity index (χ3n) is 0.900. The molecule has 0 spiro atoms. The predicted octanol–water partition coefficient (Wildman–Crippen LogP) is 1.23. The van der Waals surface area contributed by atoms with Crippen molar-refractivity contribution in [2.45, 2.75) is 3.91 Å². The molecule has 0 aromatic carbocycles. The van der Waals surface area contributed by atoms with E-state index in [0.717, 1.165) is 0 Å². The van der Waals surface area contributed by atoms with E-state index in [1.54, 1.807) is 18.4 Å². The summed E-state index contributed by atoms with van der Waals surface area (Å²) in [5.41, 5.74) is 6.08. The number of hydrogen-bond acceptors (Lipinski definition) is 2. The van der Waals surface area contributed by atoms with E-state index in [0.29, 0.717) is 5.70 Å². The third-order valence-corrected chi connectivity index (χ3v) is 1.58. The van der Waals surface area contributed by atoms with Gasteiger partial charge in [0.15, 0.2) is 3.91 Å². The SMILES string of the molecule is NC1=CC(Cl)(Br)NC=C1. The molecule has 50 valence electrons. The fourth-order valence-electron chi connectivity index (χ4n) is 0.548. The molecule has 1 aliphatic rings. The monoisotopic (exact) mass is 208 g/mol. The molecule has 1 heterocycles. The highest BCUT2D eigenvalue weighted by atomic mass is 79.9. The summed E-state index contributed by atoms with van der Waals surface area (Å²) < 4.78 is -0.689. The van der Waals surface area contributed by atoms with Gasteiger partial charge in [0.05, 0.1) is 0 Å². The van der Waals surface area contributed by atoms with Crippen LogP contribution < -0.4 is 11.1 Å². The molecule has 9 heavy (non-hydrogen) atoms. The highest BCUT2D eigenvalue weighted by Crippen LogP contribution is 2.24. The van der Waals surface area contributed by atoms with Crippen LogP contribution >= 0.6 is 27.5 Å². The van der Waals surface area contributed by atoms with Crippen LogP contribution in [0.25, 0.3) is 0 Å². The number of allylic oxidation sites excluding steroid dienone is 1. The first-order valence-electron chi connectivity index (χ1n) is 2.40. The molecule has 0 aromatic heterocycles. The Balaban J connectivity index is 2.78. The molecule has 0 aliphatic carbocycles. The van der Waals surface area contributed by atoms with Crippen molar-refractivity contribution in [3.63, 3.8) is 0 Å². The van der Waals surface area contributed by atoms with Gasteiger partial charge in [-0.25, -0.2) is 0 Å². The Bertz CT molecular complexity index is 174. The van der Waals surface area contributed by atoms with Gasteiger partial charge < -0.3 is 11.1 Å². The number of halogens is 2. The number of nitrogens with two attached hydrogens (primary N) is 1. The molecule has 0 amide bonds. The van der Waals surface area contributed by atoms with Crippen LogP contribution in [0, 0.1) is 0 Å². The van der Waals surface area contributed by atoms with Gasteiger partial charge in [-0.15, -0.1) is 0 Å². The number of alkyl halides is 2. The second kappa shape index (κ2) is 2.23. The van der Waals surface area contributed by atoms with Crippen molar-refractivity contribution in [1.82, 2.24) is 5.32 Å². The summed E-state index contributed by atoms with van der Waals surface area (Å²) in [6.45, 7) is 0. The number of hydrogen-bond donors (Lipinski definition) is 2. The smallest absolute Gasteiger partial charge is 0.189 e. The maximum Gasteiger partial charge on any atom is 0.189 e. The number of dihydropyridines is 1. The van der Waals surface area contributed by atoms with Crippen molar-refractivity contribution >= 4 is 27.5 Å². The van der Waals surface area contributed by atoms with Gasteiger partial charge in [-0.05, 0) is 28.1 Å². The van der Waals surface area contributed by atoms with E-state index in [-0.39, 0.29) is 0 Å². The molecule has 0 saturated heterocycles. The van der Waals surface area contributed by atoms with Gasteiger partial charge in [0.2, 0.25) is 0 Å². The molecule has 0 fully saturated rings. The van der Waals surface area contributed by atoms with E-state index in [1.807, 2.05) is 0 Å². The summed E-state index contributed by atoms with van der Waals surface area (Å²) in [6.07, 6.45) is 5.10. The van der Waals surface area contributed by atoms with Crippen LogP contribution in [0.3, 0.4) is 0 Å². The van der Waals surface area contributed by atoms with Crippen LogP contribution in [0.15, 0.2) is 24.0 Å². The molecular weight excluding hydrogens is 203 g/mol. The zero-order chi connectivity index (χ0) is 6.91. The lowest BCUT2D eigenvalue weighted by molar-refractivity contribution is 0.846. The van der Waals surface area contributed by atoms with Crippen LogP contribution in [0.4, 0.5) is 0 Å². The maximum atomic E-state index is 5.76. The van der Waals surface area contributed by atoms with Crippen molar-refractivity contribution in [2.75, 3.05) is 0 Å². The first-order valence-corrected chi connectivity index (χ1v) is 3.58. The molecule has 1 atom stereocenters. The van der Waals surface area contributed by atoms with Crippen molar-refractivity contribution in [2.24, 2.45) is 5.73 Å². The fraction of sp³-hybridized carbons (Fsp3) is 0.200. The highest BCUT2D eigenvalue weighted by Gasteiger charge is 2.19. The Labute approximate surface area is 66.9 Å². The molecule has 1 rings (SSSR count). The summed E-state index contributed by atoms with van der Waals surface area (Å²) >= 11 is 8.94. The van der Waals surface area contributed by atoms with Gasteiger partial charge >= 0.3 is 0 Å². The van der Waals surface area contributed by atoms with E-state index < -0.39 is 3.91 Å². The van der Waals surface area contributed by atoms with Crippen molar-refractivity contribution in [3.05, 3.63) is 24.0 Å². The molecule has 0 saturated carbocycles. The van der Waals surface area contributed by atoms with Crippen LogP contribution in [0.2, 0.25) is 0 Å². The Morgan fingerprint density at radius 2 is 2.44 bits per heavy atom. The van der Waals surface area contributed by atoms with Gasteiger partial charge in [-0.1, -0.05) is 11.6 Å². The number of nitrogens with one attached hydrogen (secondary N) is 1. The van der Waals surface area contributed by atoms with Gasteiger partial charge in [0, 0.05) is 11.9 Å². The largest absolute Gasteiger partial charge is 0.399 e. The van der Waals surface area contributed by atoms with Gasteiger partial charge in [0.1, 0.15) is 0 Å². The summed E-state index contributed by atoms with van der Waals surface area (Å²) in [6, 6.07) is 0. The van der Waals surface area contributed by atoms with E-state index >= 15 is 0 Å². The maximum absolute atomic E-state index is 5.76. The second-order valence-electron chi connectivity index (χ2n) is 1.74. The van der Waals surface area contributed by atoms with Crippen LogP contribution in [-0.4, -0.2) is 3.91 Å². The average Bonchev–Trinajstić information content (AvgIpc) is 1.60. The van der Waals surface area contributed by atoms with Crippen molar-refractivity contribution in [3.8, 4) is 0 Å². The Morgan fingerprint density at radius 3 is 2.78 bits per heavy atom. The molecule has 3 N–H and O–H groups in total. The lowest BCUT2D eigenvalue weighted by Crippen LogP contribution is -2.30. The minimum atomic E-state index is -0.689. The molecule has 1 unspecified atom stereocenters. The lowest BCUT2D eigenvalue weighted by Gasteiger charge is -2.19. The third kappa shape index (κ3) is 1.91. The first kappa shape index (κ1) is 6.96. The van der Waals surface area contributed by atoms with E-state index in [4.69, 9.17) is 17.3 Å². The topological polar surface area (TPSA) is 38.0 Å². The van der Waals surface area contributed by atoms with Crippen LogP contribution in [-0.2, 0) is 0 Å². The Kier molecular flexibility index (Phi) is 1.73. The van der Waals surface area contributed by atoms with Crippen LogP contribution in [0.5, 0.6) is 0 Å². The Hall–Kier alpha value is -0.150.